The Balaban J connectivity index is 2.08. The summed E-state index contributed by atoms with van der Waals surface area (Å²) in [6, 6.07) is 8.29. The number of rotatable bonds is 6. The fraction of sp³-hybridized carbons (Fsp3) is 0.333. The first-order valence-electron chi connectivity index (χ1n) is 6.39. The molecule has 3 nitrogen and oxygen atoms in total. The molecule has 108 valence electrons. The summed E-state index contributed by atoms with van der Waals surface area (Å²) >= 11 is 5.25. The highest BCUT2D eigenvalue weighted by Crippen LogP contribution is 2.24. The number of nitrogens with two attached hydrogens (primary N) is 1. The lowest BCUT2D eigenvalue weighted by Gasteiger charge is -2.18. The van der Waals surface area contributed by atoms with Gasteiger partial charge in [0.15, 0.2) is 0 Å². The molecule has 0 aliphatic rings. The molecular weight excluding hydrogens is 336 g/mol. The second-order valence-corrected chi connectivity index (χ2v) is 6.67. The zero-order valence-electron chi connectivity index (χ0n) is 11.7. The van der Waals surface area contributed by atoms with Crippen LogP contribution in [0.2, 0.25) is 0 Å². The monoisotopic (exact) mass is 354 g/mol. The largest absolute Gasteiger partial charge is 0.496 e. The van der Waals surface area contributed by atoms with Gasteiger partial charge in [-0.25, -0.2) is 0 Å². The van der Waals surface area contributed by atoms with Gasteiger partial charge in [-0.15, -0.1) is 11.3 Å². The van der Waals surface area contributed by atoms with Gasteiger partial charge in [0, 0.05) is 39.9 Å². The lowest BCUT2D eigenvalue weighted by Crippen LogP contribution is -2.17. The molecule has 0 unspecified atom stereocenters. The van der Waals surface area contributed by atoms with Gasteiger partial charge in [0.1, 0.15) is 5.75 Å². The maximum atomic E-state index is 5.71. The van der Waals surface area contributed by atoms with Crippen molar-refractivity contribution in [2.24, 2.45) is 5.73 Å². The number of hydrogen-bond acceptors (Lipinski definition) is 4. The van der Waals surface area contributed by atoms with Crippen molar-refractivity contribution in [2.45, 2.75) is 19.6 Å². The van der Waals surface area contributed by atoms with E-state index in [1.54, 1.807) is 18.4 Å². The molecule has 0 radical (unpaired) electrons. The average Bonchev–Trinajstić information content (AvgIpc) is 2.83. The van der Waals surface area contributed by atoms with Crippen LogP contribution in [0.1, 0.15) is 16.0 Å². The highest BCUT2D eigenvalue weighted by atomic mass is 79.9. The Morgan fingerprint density at radius 1 is 1.30 bits per heavy atom. The number of nitrogens with zero attached hydrogens (tertiary/aromatic N) is 1. The molecule has 5 heteroatoms. The van der Waals surface area contributed by atoms with Crippen molar-refractivity contribution in [3.63, 3.8) is 0 Å². The first kappa shape index (κ1) is 15.5. The smallest absolute Gasteiger partial charge is 0.123 e. The minimum absolute atomic E-state index is 0.554. The highest BCUT2D eigenvalue weighted by Gasteiger charge is 2.09. The number of hydrogen-bond donors (Lipinski definition) is 1. The van der Waals surface area contributed by atoms with Crippen LogP contribution < -0.4 is 10.5 Å². The molecule has 0 fully saturated rings. The molecule has 1 aromatic heterocycles. The summed E-state index contributed by atoms with van der Waals surface area (Å²) in [6.07, 6.45) is 0. The van der Waals surface area contributed by atoms with E-state index in [1.165, 1.54) is 10.4 Å². The van der Waals surface area contributed by atoms with Crippen LogP contribution in [-0.4, -0.2) is 19.1 Å². The molecule has 1 aromatic carbocycles. The van der Waals surface area contributed by atoms with Gasteiger partial charge in [-0.2, -0.15) is 0 Å². The molecule has 2 N–H and O–H groups in total. The second kappa shape index (κ2) is 7.22. The van der Waals surface area contributed by atoms with E-state index in [4.69, 9.17) is 10.5 Å². The maximum Gasteiger partial charge on any atom is 0.123 e. The predicted octanol–water partition coefficient (Wildman–Crippen LogP) is 3.61. The van der Waals surface area contributed by atoms with Gasteiger partial charge in [-0.3, -0.25) is 4.90 Å². The van der Waals surface area contributed by atoms with Gasteiger partial charge >= 0.3 is 0 Å². The quantitative estimate of drug-likeness (QED) is 0.860. The molecule has 0 amide bonds. The summed E-state index contributed by atoms with van der Waals surface area (Å²) in [5.41, 5.74) is 8.02. The molecule has 0 aliphatic heterocycles. The number of halogens is 1. The SMILES string of the molecule is COc1ccc(CN)cc1CN(C)Cc1cc(Br)cs1. The topological polar surface area (TPSA) is 38.5 Å². The van der Waals surface area contributed by atoms with Crippen LogP contribution in [0, 0.1) is 0 Å². The summed E-state index contributed by atoms with van der Waals surface area (Å²) in [5.74, 6) is 0.918. The van der Waals surface area contributed by atoms with Gasteiger partial charge in [0.2, 0.25) is 0 Å². The Bertz CT molecular complexity index is 571. The van der Waals surface area contributed by atoms with Gasteiger partial charge in [-0.1, -0.05) is 6.07 Å². The minimum atomic E-state index is 0.554. The van der Waals surface area contributed by atoms with Crippen molar-refractivity contribution >= 4 is 27.3 Å². The zero-order chi connectivity index (χ0) is 14.5. The molecular formula is C15H19BrN2OS. The summed E-state index contributed by atoms with van der Waals surface area (Å²) in [5, 5.41) is 2.11. The molecule has 1 heterocycles. The fourth-order valence-electron chi connectivity index (χ4n) is 2.13. The van der Waals surface area contributed by atoms with Crippen molar-refractivity contribution in [1.29, 1.82) is 0 Å². The standard InChI is InChI=1S/C15H19BrN2OS/c1-18(9-14-6-13(16)10-20-14)8-12-5-11(7-17)3-4-15(12)19-2/h3-6,10H,7-9,17H2,1-2H3. The van der Waals surface area contributed by atoms with E-state index in [0.29, 0.717) is 6.54 Å². The van der Waals surface area contributed by atoms with Crippen molar-refractivity contribution in [2.75, 3.05) is 14.2 Å². The van der Waals surface area contributed by atoms with Gasteiger partial charge in [-0.05, 0) is 46.7 Å². The minimum Gasteiger partial charge on any atom is -0.496 e. The van der Waals surface area contributed by atoms with Crippen LogP contribution >= 0.6 is 27.3 Å². The third-order valence-corrected chi connectivity index (χ3v) is 4.75. The summed E-state index contributed by atoms with van der Waals surface area (Å²) in [4.78, 5) is 3.62. The van der Waals surface area contributed by atoms with E-state index < -0.39 is 0 Å². The van der Waals surface area contributed by atoms with E-state index >= 15 is 0 Å². The molecule has 20 heavy (non-hydrogen) atoms. The number of benzene rings is 1. The molecule has 0 spiro atoms. The average molecular weight is 355 g/mol. The van der Waals surface area contributed by atoms with Gasteiger partial charge in [0.05, 0.1) is 7.11 Å². The van der Waals surface area contributed by atoms with Crippen molar-refractivity contribution < 1.29 is 4.74 Å². The normalized spacial score (nSPS) is 11.1. The molecule has 0 saturated carbocycles. The highest BCUT2D eigenvalue weighted by molar-refractivity contribution is 9.10. The molecule has 0 bridgehead atoms. The predicted molar refractivity (Wildman–Crippen MR) is 88.1 cm³/mol. The third-order valence-electron chi connectivity index (χ3n) is 3.07. The van der Waals surface area contributed by atoms with Crippen LogP contribution in [0.5, 0.6) is 5.75 Å². The molecule has 0 atom stereocenters. The van der Waals surface area contributed by atoms with E-state index in [-0.39, 0.29) is 0 Å². The van der Waals surface area contributed by atoms with E-state index in [2.05, 4.69) is 45.4 Å². The summed E-state index contributed by atoms with van der Waals surface area (Å²) < 4.78 is 6.57. The van der Waals surface area contributed by atoms with Gasteiger partial charge < -0.3 is 10.5 Å². The zero-order valence-corrected chi connectivity index (χ0v) is 14.1. The van der Waals surface area contributed by atoms with Crippen LogP contribution in [0.4, 0.5) is 0 Å². The van der Waals surface area contributed by atoms with E-state index in [9.17, 15) is 0 Å². The summed E-state index contributed by atoms with van der Waals surface area (Å²) in [6.45, 7) is 2.32. The molecule has 2 rings (SSSR count). The lowest BCUT2D eigenvalue weighted by atomic mass is 10.1. The molecule has 2 aromatic rings. The Labute approximate surface area is 132 Å². The van der Waals surface area contributed by atoms with Crippen molar-refractivity contribution in [3.8, 4) is 5.75 Å². The van der Waals surface area contributed by atoms with Crippen LogP contribution in [0.25, 0.3) is 0 Å². The Hall–Kier alpha value is -0.880. The van der Waals surface area contributed by atoms with Crippen LogP contribution in [0.15, 0.2) is 34.1 Å². The first-order chi connectivity index (χ1) is 9.62. The second-order valence-electron chi connectivity index (χ2n) is 4.75. The third kappa shape index (κ3) is 4.06. The lowest BCUT2D eigenvalue weighted by molar-refractivity contribution is 0.312. The molecule has 0 aliphatic carbocycles. The van der Waals surface area contributed by atoms with Crippen molar-refractivity contribution in [3.05, 3.63) is 50.1 Å². The van der Waals surface area contributed by atoms with E-state index in [0.717, 1.165) is 28.9 Å². The number of methoxy groups -OCH3 is 1. The number of ether oxygens (including phenoxy) is 1. The maximum absolute atomic E-state index is 5.71. The Morgan fingerprint density at radius 3 is 2.70 bits per heavy atom. The van der Waals surface area contributed by atoms with Crippen LogP contribution in [-0.2, 0) is 19.6 Å². The van der Waals surface area contributed by atoms with Crippen LogP contribution in [0.3, 0.4) is 0 Å². The van der Waals surface area contributed by atoms with Crippen molar-refractivity contribution in [1.82, 2.24) is 4.90 Å². The number of thiophene rings is 1. The van der Waals surface area contributed by atoms with E-state index in [1.807, 2.05) is 12.1 Å². The Kier molecular flexibility index (Phi) is 5.60. The van der Waals surface area contributed by atoms with Gasteiger partial charge in [0.25, 0.3) is 0 Å². The summed E-state index contributed by atoms with van der Waals surface area (Å²) in [7, 11) is 3.82. The first-order valence-corrected chi connectivity index (χ1v) is 8.07. The Morgan fingerprint density at radius 2 is 2.10 bits per heavy atom. The molecule has 0 saturated heterocycles. The fourth-order valence-corrected chi connectivity index (χ4v) is 3.66.